The summed E-state index contributed by atoms with van der Waals surface area (Å²) in [5, 5.41) is 3.66. The van der Waals surface area contributed by atoms with Crippen LogP contribution >= 0.6 is 0 Å². The van der Waals surface area contributed by atoms with E-state index in [2.05, 4.69) is 10.3 Å². The van der Waals surface area contributed by atoms with Gasteiger partial charge in [0.05, 0.1) is 5.39 Å². The van der Waals surface area contributed by atoms with Crippen molar-refractivity contribution in [2.75, 3.05) is 5.32 Å². The van der Waals surface area contributed by atoms with Gasteiger partial charge < -0.3 is 14.5 Å². The number of furan rings is 1. The molecule has 2 heterocycles. The quantitative estimate of drug-likeness (QED) is 0.438. The maximum Gasteiger partial charge on any atom is 0.335 e. The minimum atomic E-state index is -0.750. The summed E-state index contributed by atoms with van der Waals surface area (Å²) in [6.45, 7) is 5.99. The van der Waals surface area contributed by atoms with Gasteiger partial charge in [-0.2, -0.15) is 8.42 Å². The summed E-state index contributed by atoms with van der Waals surface area (Å²) in [5.74, 6) is 2.35. The van der Waals surface area contributed by atoms with E-state index in [4.69, 9.17) is 17.6 Å². The van der Waals surface area contributed by atoms with Gasteiger partial charge in [0.2, 0.25) is 0 Å². The molecule has 0 spiro atoms. The highest BCUT2D eigenvalue weighted by atomic mass is 32.1. The van der Waals surface area contributed by atoms with Gasteiger partial charge in [-0.05, 0) is 55.8 Å². The molecule has 2 aromatic heterocycles. The standard InChI is InChI=1S/C24H22N2O3.O2S/c1-4-18-13-20-21(28-18)11-17(24(27)26-23-10-7-16(3)14-25-23)12-22(20)29-19-8-5-15(2)6-9-19;1-3-2/h5-14H,4H2,1-3H3,(H,25,26,27);. The van der Waals surface area contributed by atoms with E-state index in [1.165, 1.54) is 0 Å². The number of nitrogens with one attached hydrogen (secondary N) is 1. The van der Waals surface area contributed by atoms with E-state index in [9.17, 15) is 4.79 Å². The number of hydrogen-bond acceptors (Lipinski definition) is 6. The Morgan fingerprint density at radius 3 is 2.34 bits per heavy atom. The zero-order valence-corrected chi connectivity index (χ0v) is 18.7. The van der Waals surface area contributed by atoms with E-state index in [1.54, 1.807) is 24.4 Å². The van der Waals surface area contributed by atoms with Gasteiger partial charge in [0.1, 0.15) is 28.7 Å². The number of hydrogen-bond donors (Lipinski definition) is 1. The van der Waals surface area contributed by atoms with Crippen LogP contribution in [0.1, 0.15) is 34.2 Å². The Morgan fingerprint density at radius 1 is 1.03 bits per heavy atom. The number of carbonyl (C=O) groups excluding carboxylic acids is 1. The maximum absolute atomic E-state index is 12.8. The van der Waals surface area contributed by atoms with Crippen molar-refractivity contribution in [3.8, 4) is 11.5 Å². The lowest BCUT2D eigenvalue weighted by molar-refractivity contribution is 0.102. The molecule has 1 N–H and O–H groups in total. The molecule has 1 amide bonds. The summed E-state index contributed by atoms with van der Waals surface area (Å²) in [7, 11) is 0. The van der Waals surface area contributed by atoms with E-state index in [1.807, 2.05) is 57.2 Å². The Bertz CT molecular complexity index is 1260. The molecule has 0 unspecified atom stereocenters. The van der Waals surface area contributed by atoms with Crippen molar-refractivity contribution in [2.45, 2.75) is 27.2 Å². The van der Waals surface area contributed by atoms with E-state index >= 15 is 0 Å². The Kier molecular flexibility index (Phi) is 7.51. The molecule has 0 aliphatic carbocycles. The molecule has 0 bridgehead atoms. The van der Waals surface area contributed by atoms with Gasteiger partial charge in [0.25, 0.3) is 5.91 Å². The average molecular weight is 451 g/mol. The smallest absolute Gasteiger partial charge is 0.335 e. The number of nitrogens with zero attached hydrogens (tertiary/aromatic N) is 1. The van der Waals surface area contributed by atoms with Gasteiger partial charge >= 0.3 is 11.6 Å². The molecule has 0 radical (unpaired) electrons. The van der Waals surface area contributed by atoms with Crippen LogP contribution in [0.4, 0.5) is 5.82 Å². The fourth-order valence-corrected chi connectivity index (χ4v) is 3.01. The molecule has 32 heavy (non-hydrogen) atoms. The number of ether oxygens (including phenoxy) is 1. The third-order valence-corrected chi connectivity index (χ3v) is 4.66. The van der Waals surface area contributed by atoms with Crippen LogP contribution in [0.3, 0.4) is 0 Å². The number of rotatable bonds is 5. The van der Waals surface area contributed by atoms with E-state index < -0.39 is 11.6 Å². The Morgan fingerprint density at radius 2 is 1.72 bits per heavy atom. The van der Waals surface area contributed by atoms with Gasteiger partial charge in [-0.25, -0.2) is 4.98 Å². The number of carbonyl (C=O) groups is 1. The zero-order chi connectivity index (χ0) is 23.1. The normalized spacial score (nSPS) is 10.2. The van der Waals surface area contributed by atoms with Crippen LogP contribution in [0, 0.1) is 13.8 Å². The molecule has 2 aromatic carbocycles. The van der Waals surface area contributed by atoms with Crippen LogP contribution in [0.5, 0.6) is 11.5 Å². The average Bonchev–Trinajstić information content (AvgIpc) is 3.21. The molecule has 0 saturated heterocycles. The molecular weight excluding hydrogens is 428 g/mol. The minimum absolute atomic E-state index is 0.272. The summed E-state index contributed by atoms with van der Waals surface area (Å²) in [5.41, 5.74) is 3.24. The van der Waals surface area contributed by atoms with Crippen molar-refractivity contribution in [3.63, 3.8) is 0 Å². The van der Waals surface area contributed by atoms with Crippen LogP contribution in [-0.2, 0) is 18.0 Å². The number of anilines is 1. The largest absolute Gasteiger partial charge is 0.461 e. The first kappa shape index (κ1) is 22.9. The summed E-state index contributed by atoms with van der Waals surface area (Å²) in [6.07, 6.45) is 2.47. The lowest BCUT2D eigenvalue weighted by atomic mass is 10.1. The number of benzene rings is 2. The molecule has 0 aliphatic rings. The maximum atomic E-state index is 12.8. The predicted molar refractivity (Wildman–Crippen MR) is 123 cm³/mol. The molecule has 0 fully saturated rings. The molecular formula is C24H22N2O5S. The molecule has 8 heteroatoms. The summed E-state index contributed by atoms with van der Waals surface area (Å²) < 4.78 is 28.6. The molecule has 7 nitrogen and oxygen atoms in total. The highest BCUT2D eigenvalue weighted by Crippen LogP contribution is 2.34. The van der Waals surface area contributed by atoms with Crippen molar-refractivity contribution in [1.29, 1.82) is 0 Å². The van der Waals surface area contributed by atoms with Crippen LogP contribution in [0.2, 0.25) is 0 Å². The van der Waals surface area contributed by atoms with Gasteiger partial charge in [-0.3, -0.25) is 4.79 Å². The molecule has 0 saturated carbocycles. The van der Waals surface area contributed by atoms with E-state index in [-0.39, 0.29) is 5.91 Å². The molecule has 164 valence electrons. The number of pyridine rings is 1. The van der Waals surface area contributed by atoms with Crippen LogP contribution < -0.4 is 10.1 Å². The van der Waals surface area contributed by atoms with E-state index in [0.29, 0.717) is 28.5 Å². The summed E-state index contributed by atoms with van der Waals surface area (Å²) >= 11 is -0.750. The zero-order valence-electron chi connectivity index (χ0n) is 17.9. The Labute approximate surface area is 189 Å². The Balaban J connectivity index is 0.000000913. The van der Waals surface area contributed by atoms with Gasteiger partial charge in [-0.15, -0.1) is 0 Å². The summed E-state index contributed by atoms with van der Waals surface area (Å²) in [4.78, 5) is 17.1. The van der Waals surface area contributed by atoms with Crippen molar-refractivity contribution < 1.29 is 22.4 Å². The fraction of sp³-hybridized carbons (Fsp3) is 0.167. The fourth-order valence-electron chi connectivity index (χ4n) is 3.01. The van der Waals surface area contributed by atoms with Gasteiger partial charge in [0.15, 0.2) is 0 Å². The first-order chi connectivity index (χ1) is 15.4. The lowest BCUT2D eigenvalue weighted by Gasteiger charge is -2.10. The van der Waals surface area contributed by atoms with E-state index in [0.717, 1.165) is 28.7 Å². The second kappa shape index (κ2) is 10.5. The monoisotopic (exact) mass is 450 g/mol. The third kappa shape index (κ3) is 5.67. The van der Waals surface area contributed by atoms with Gasteiger partial charge in [-0.1, -0.05) is 30.7 Å². The predicted octanol–water partition coefficient (Wildman–Crippen LogP) is 5.38. The van der Waals surface area contributed by atoms with Crippen molar-refractivity contribution in [2.24, 2.45) is 0 Å². The highest BCUT2D eigenvalue weighted by molar-refractivity contribution is 7.51. The lowest BCUT2D eigenvalue weighted by Crippen LogP contribution is -2.13. The second-order valence-electron chi connectivity index (χ2n) is 7.11. The molecule has 0 atom stereocenters. The first-order valence-electron chi connectivity index (χ1n) is 9.90. The second-order valence-corrected chi connectivity index (χ2v) is 7.25. The summed E-state index contributed by atoms with van der Waals surface area (Å²) in [6, 6.07) is 16.9. The molecule has 0 aliphatic heterocycles. The highest BCUT2D eigenvalue weighted by Gasteiger charge is 2.16. The number of amides is 1. The molecule has 4 aromatic rings. The minimum Gasteiger partial charge on any atom is -0.461 e. The van der Waals surface area contributed by atoms with Crippen molar-refractivity contribution in [3.05, 3.63) is 83.2 Å². The van der Waals surface area contributed by atoms with Gasteiger partial charge in [0, 0.05) is 18.2 Å². The first-order valence-corrected chi connectivity index (χ1v) is 10.6. The number of aromatic nitrogens is 1. The van der Waals surface area contributed by atoms with Crippen LogP contribution in [0.25, 0.3) is 11.0 Å². The van der Waals surface area contributed by atoms with Crippen LogP contribution in [-0.4, -0.2) is 19.3 Å². The Hall–Kier alpha value is -3.78. The van der Waals surface area contributed by atoms with Crippen molar-refractivity contribution >= 4 is 34.3 Å². The SMILES string of the molecule is CCc1cc2c(Oc3ccc(C)cc3)cc(C(=O)Nc3ccc(C)cn3)cc2o1.O=S=O. The molecule has 4 rings (SSSR count). The topological polar surface area (TPSA) is 98.5 Å². The number of fused-ring (bicyclic) bond motifs is 1. The third-order valence-electron chi connectivity index (χ3n) is 4.66. The van der Waals surface area contributed by atoms with Crippen LogP contribution in [0.15, 0.2) is 65.2 Å². The van der Waals surface area contributed by atoms with Crippen molar-refractivity contribution in [1.82, 2.24) is 4.98 Å². The number of aryl methyl sites for hydroxylation is 3.